The maximum atomic E-state index is 4.07. The van der Waals surface area contributed by atoms with Crippen LogP contribution >= 0.6 is 11.8 Å². The maximum Gasteiger partial charge on any atom is 0.209 e. The lowest BCUT2D eigenvalue weighted by Gasteiger charge is -2.10. The third-order valence-corrected chi connectivity index (χ3v) is 3.52. The van der Waals surface area contributed by atoms with E-state index in [1.165, 1.54) is 12.8 Å². The number of thioether (sulfide) groups is 1. The summed E-state index contributed by atoms with van der Waals surface area (Å²) in [6, 6.07) is 0.501. The zero-order valence-corrected chi connectivity index (χ0v) is 12.0. The normalized spacial score (nSPS) is 13.2. The predicted octanol–water partition coefficient (Wildman–Crippen LogP) is 1.95. The van der Waals surface area contributed by atoms with E-state index in [2.05, 4.69) is 48.5 Å². The second-order valence-corrected chi connectivity index (χ2v) is 5.92. The number of tetrazole rings is 1. The topological polar surface area (TPSA) is 55.6 Å². The van der Waals surface area contributed by atoms with Crippen molar-refractivity contribution in [3.05, 3.63) is 0 Å². The highest BCUT2D eigenvalue weighted by molar-refractivity contribution is 7.99. The summed E-state index contributed by atoms with van der Waals surface area (Å²) in [5, 5.41) is 16.7. The maximum absolute atomic E-state index is 4.07. The van der Waals surface area contributed by atoms with Crippen LogP contribution in [-0.2, 0) is 6.54 Å². The molecule has 0 saturated carbocycles. The molecule has 0 radical (unpaired) electrons. The molecule has 1 heterocycles. The van der Waals surface area contributed by atoms with Crippen molar-refractivity contribution in [2.45, 2.75) is 63.5 Å². The van der Waals surface area contributed by atoms with E-state index >= 15 is 0 Å². The Labute approximate surface area is 108 Å². The van der Waals surface area contributed by atoms with Crippen LogP contribution in [0.15, 0.2) is 5.16 Å². The van der Waals surface area contributed by atoms with E-state index in [1.807, 2.05) is 4.68 Å². The van der Waals surface area contributed by atoms with Gasteiger partial charge in [0.05, 0.1) is 6.54 Å². The van der Waals surface area contributed by atoms with Crippen LogP contribution in [-0.4, -0.2) is 38.0 Å². The first-order valence-corrected chi connectivity index (χ1v) is 7.17. The summed E-state index contributed by atoms with van der Waals surface area (Å²) >= 11 is 1.76. The summed E-state index contributed by atoms with van der Waals surface area (Å²) in [4.78, 5) is 0. The van der Waals surface area contributed by atoms with Crippen molar-refractivity contribution in [3.8, 4) is 0 Å². The average molecular weight is 257 g/mol. The molecule has 1 N–H and O–H groups in total. The molecule has 0 aliphatic carbocycles. The van der Waals surface area contributed by atoms with Crippen molar-refractivity contribution in [1.82, 2.24) is 25.5 Å². The predicted molar refractivity (Wildman–Crippen MR) is 71.2 cm³/mol. The molecule has 5 nitrogen and oxygen atoms in total. The van der Waals surface area contributed by atoms with Gasteiger partial charge in [0.2, 0.25) is 5.16 Å². The molecule has 1 unspecified atom stereocenters. The number of rotatable bonds is 8. The van der Waals surface area contributed by atoms with E-state index in [0.717, 1.165) is 18.2 Å². The van der Waals surface area contributed by atoms with E-state index in [-0.39, 0.29) is 0 Å². The molecule has 1 rings (SSSR count). The minimum atomic E-state index is 0.501. The van der Waals surface area contributed by atoms with Crippen molar-refractivity contribution in [2.75, 3.05) is 6.54 Å². The molecule has 0 bridgehead atoms. The van der Waals surface area contributed by atoms with Gasteiger partial charge in [0.25, 0.3) is 0 Å². The SMILES string of the molecule is CCCC(C)Sc1nnnn1CCNC(C)C. The van der Waals surface area contributed by atoms with Crippen LogP contribution in [0.3, 0.4) is 0 Å². The van der Waals surface area contributed by atoms with E-state index in [1.54, 1.807) is 11.8 Å². The summed E-state index contributed by atoms with van der Waals surface area (Å²) in [5.41, 5.74) is 0. The molecule has 1 aromatic heterocycles. The molecule has 0 spiro atoms. The number of aromatic nitrogens is 4. The fourth-order valence-corrected chi connectivity index (χ4v) is 2.57. The monoisotopic (exact) mass is 257 g/mol. The highest BCUT2D eigenvalue weighted by Crippen LogP contribution is 2.22. The standard InChI is InChI=1S/C11H23N5S/c1-5-6-10(4)17-11-13-14-15-16(11)8-7-12-9(2)3/h9-10,12H,5-8H2,1-4H3. The van der Waals surface area contributed by atoms with Gasteiger partial charge in [-0.3, -0.25) is 0 Å². The summed E-state index contributed by atoms with van der Waals surface area (Å²) < 4.78 is 1.88. The van der Waals surface area contributed by atoms with Gasteiger partial charge >= 0.3 is 0 Å². The zero-order valence-electron chi connectivity index (χ0n) is 11.2. The minimum absolute atomic E-state index is 0.501. The average Bonchev–Trinajstić information content (AvgIpc) is 2.65. The second-order valence-electron chi connectivity index (χ2n) is 4.51. The Morgan fingerprint density at radius 1 is 1.35 bits per heavy atom. The van der Waals surface area contributed by atoms with E-state index < -0.39 is 0 Å². The van der Waals surface area contributed by atoms with Gasteiger partial charge in [-0.05, 0) is 16.8 Å². The Kier molecular flexibility index (Phi) is 6.50. The number of hydrogen-bond donors (Lipinski definition) is 1. The smallest absolute Gasteiger partial charge is 0.209 e. The Morgan fingerprint density at radius 3 is 2.76 bits per heavy atom. The van der Waals surface area contributed by atoms with Crippen LogP contribution in [0.5, 0.6) is 0 Å². The van der Waals surface area contributed by atoms with Gasteiger partial charge in [0.1, 0.15) is 0 Å². The van der Waals surface area contributed by atoms with Crippen LogP contribution < -0.4 is 5.32 Å². The van der Waals surface area contributed by atoms with Crippen LogP contribution in [0.2, 0.25) is 0 Å². The molecular formula is C11H23N5S. The van der Waals surface area contributed by atoms with Gasteiger partial charge in [-0.2, -0.15) is 0 Å². The van der Waals surface area contributed by atoms with Gasteiger partial charge in [-0.15, -0.1) is 5.10 Å². The molecule has 0 aliphatic rings. The van der Waals surface area contributed by atoms with Gasteiger partial charge in [0.15, 0.2) is 0 Å². The summed E-state index contributed by atoms with van der Waals surface area (Å²) in [6.45, 7) is 10.4. The first-order chi connectivity index (χ1) is 8.13. The zero-order chi connectivity index (χ0) is 12.7. The van der Waals surface area contributed by atoms with Gasteiger partial charge < -0.3 is 5.32 Å². The Bertz CT molecular complexity index is 313. The molecule has 6 heteroatoms. The third-order valence-electron chi connectivity index (χ3n) is 2.38. The highest BCUT2D eigenvalue weighted by Gasteiger charge is 2.10. The highest BCUT2D eigenvalue weighted by atomic mass is 32.2. The molecule has 0 fully saturated rings. The number of hydrogen-bond acceptors (Lipinski definition) is 5. The first-order valence-electron chi connectivity index (χ1n) is 6.29. The molecule has 0 amide bonds. The Morgan fingerprint density at radius 2 is 2.12 bits per heavy atom. The van der Waals surface area contributed by atoms with Crippen molar-refractivity contribution in [3.63, 3.8) is 0 Å². The van der Waals surface area contributed by atoms with Crippen LogP contribution in [0, 0.1) is 0 Å². The minimum Gasteiger partial charge on any atom is -0.313 e. The fraction of sp³-hybridized carbons (Fsp3) is 0.909. The van der Waals surface area contributed by atoms with E-state index in [4.69, 9.17) is 0 Å². The second kappa shape index (κ2) is 7.66. The lowest BCUT2D eigenvalue weighted by atomic mass is 10.3. The van der Waals surface area contributed by atoms with Gasteiger partial charge in [0, 0.05) is 17.8 Å². The number of nitrogens with one attached hydrogen (secondary N) is 1. The molecule has 17 heavy (non-hydrogen) atoms. The van der Waals surface area contributed by atoms with Gasteiger partial charge in [-0.1, -0.05) is 45.9 Å². The quantitative estimate of drug-likeness (QED) is 0.721. The van der Waals surface area contributed by atoms with E-state index in [0.29, 0.717) is 11.3 Å². The molecule has 0 aliphatic heterocycles. The van der Waals surface area contributed by atoms with Crippen LogP contribution in [0.25, 0.3) is 0 Å². The molecule has 1 aromatic rings. The molecule has 0 aromatic carbocycles. The van der Waals surface area contributed by atoms with Crippen molar-refractivity contribution >= 4 is 11.8 Å². The van der Waals surface area contributed by atoms with E-state index in [9.17, 15) is 0 Å². The molecular weight excluding hydrogens is 234 g/mol. The fourth-order valence-electron chi connectivity index (χ4n) is 1.53. The van der Waals surface area contributed by atoms with Crippen molar-refractivity contribution in [2.24, 2.45) is 0 Å². The number of nitrogens with zero attached hydrogens (tertiary/aromatic N) is 4. The summed E-state index contributed by atoms with van der Waals surface area (Å²) in [6.07, 6.45) is 2.40. The molecule has 98 valence electrons. The van der Waals surface area contributed by atoms with Crippen molar-refractivity contribution < 1.29 is 0 Å². The molecule has 1 atom stereocenters. The lowest BCUT2D eigenvalue weighted by molar-refractivity contribution is 0.484. The van der Waals surface area contributed by atoms with Gasteiger partial charge in [-0.25, -0.2) is 4.68 Å². The summed E-state index contributed by atoms with van der Waals surface area (Å²) in [5.74, 6) is 0. The third kappa shape index (κ3) is 5.50. The lowest BCUT2D eigenvalue weighted by Crippen LogP contribution is -2.27. The summed E-state index contributed by atoms with van der Waals surface area (Å²) in [7, 11) is 0. The van der Waals surface area contributed by atoms with Crippen molar-refractivity contribution in [1.29, 1.82) is 0 Å². The largest absolute Gasteiger partial charge is 0.313 e. The first kappa shape index (κ1) is 14.4. The van der Waals surface area contributed by atoms with Crippen LogP contribution in [0.1, 0.15) is 40.5 Å². The Hall–Kier alpha value is -0.620. The molecule has 0 saturated heterocycles. The Balaban J connectivity index is 2.42. The van der Waals surface area contributed by atoms with Crippen LogP contribution in [0.4, 0.5) is 0 Å².